The highest BCUT2D eigenvalue weighted by molar-refractivity contribution is 6.30. The molecule has 0 atom stereocenters. The van der Waals surface area contributed by atoms with Gasteiger partial charge in [-0.25, -0.2) is 0 Å². The van der Waals surface area contributed by atoms with Gasteiger partial charge in [-0.2, -0.15) is 0 Å². The Morgan fingerprint density at radius 1 is 1.07 bits per heavy atom. The first kappa shape index (κ1) is 11.0. The molecule has 82 valence electrons. The van der Waals surface area contributed by atoms with Gasteiger partial charge in [0.25, 0.3) is 0 Å². The highest BCUT2D eigenvalue weighted by Crippen LogP contribution is 2.30. The van der Waals surface area contributed by atoms with E-state index in [1.807, 2.05) is 12.1 Å². The first-order chi connectivity index (χ1) is 7.24. The molecule has 0 unspecified atom stereocenters. The van der Waals surface area contributed by atoms with E-state index >= 15 is 0 Å². The fourth-order valence-electron chi connectivity index (χ4n) is 2.49. The lowest BCUT2D eigenvalue weighted by molar-refractivity contribution is 0.289. The van der Waals surface area contributed by atoms with E-state index < -0.39 is 0 Å². The number of rotatable bonds is 2. The molecule has 2 rings (SSSR count). The summed E-state index contributed by atoms with van der Waals surface area (Å²) in [6.07, 6.45) is 6.88. The summed E-state index contributed by atoms with van der Waals surface area (Å²) in [5.74, 6) is 1.86. The summed E-state index contributed by atoms with van der Waals surface area (Å²) in [5, 5.41) is 0.844. The molecule has 0 saturated heterocycles. The van der Waals surface area contributed by atoms with E-state index in [1.54, 1.807) is 0 Å². The van der Waals surface area contributed by atoms with E-state index in [4.69, 9.17) is 11.6 Å². The number of halogens is 1. The quantitative estimate of drug-likeness (QED) is 0.680. The summed E-state index contributed by atoms with van der Waals surface area (Å²) < 4.78 is 0. The standard InChI is InChI=1S/C14H19Cl/c1-11-2-4-12(5-3-11)10-13-6-8-14(15)9-7-13/h6-9,11-12H,2-5,10H2,1H3. The lowest BCUT2D eigenvalue weighted by atomic mass is 9.80. The molecule has 0 N–H and O–H groups in total. The first-order valence-corrected chi connectivity index (χ1v) is 6.36. The minimum Gasteiger partial charge on any atom is -0.0843 e. The normalized spacial score (nSPS) is 26.5. The van der Waals surface area contributed by atoms with Gasteiger partial charge in [-0.15, -0.1) is 0 Å². The SMILES string of the molecule is CC1CCC(Cc2ccc(Cl)cc2)CC1. The zero-order valence-electron chi connectivity index (χ0n) is 9.38. The molecule has 0 radical (unpaired) electrons. The van der Waals surface area contributed by atoms with Crippen molar-refractivity contribution in [2.45, 2.75) is 39.0 Å². The number of hydrogen-bond donors (Lipinski definition) is 0. The predicted molar refractivity (Wildman–Crippen MR) is 66.3 cm³/mol. The van der Waals surface area contributed by atoms with Crippen LogP contribution >= 0.6 is 11.6 Å². The molecule has 1 aromatic carbocycles. The number of hydrogen-bond acceptors (Lipinski definition) is 0. The van der Waals surface area contributed by atoms with Crippen LogP contribution in [0.5, 0.6) is 0 Å². The van der Waals surface area contributed by atoms with Crippen molar-refractivity contribution in [3.05, 3.63) is 34.9 Å². The molecule has 1 saturated carbocycles. The van der Waals surface area contributed by atoms with Gasteiger partial charge >= 0.3 is 0 Å². The summed E-state index contributed by atoms with van der Waals surface area (Å²) in [6.45, 7) is 2.37. The van der Waals surface area contributed by atoms with Crippen LogP contribution in [-0.2, 0) is 6.42 Å². The molecule has 0 nitrogen and oxygen atoms in total. The summed E-state index contributed by atoms with van der Waals surface area (Å²) in [5.41, 5.74) is 1.44. The second kappa shape index (κ2) is 5.03. The molecular weight excluding hydrogens is 204 g/mol. The van der Waals surface area contributed by atoms with Crippen LogP contribution in [0.15, 0.2) is 24.3 Å². The van der Waals surface area contributed by atoms with Gasteiger partial charge in [0, 0.05) is 5.02 Å². The topological polar surface area (TPSA) is 0 Å². The minimum absolute atomic E-state index is 0.844. The maximum Gasteiger partial charge on any atom is 0.0406 e. The second-order valence-electron chi connectivity index (χ2n) is 4.96. The third-order valence-electron chi connectivity index (χ3n) is 3.57. The summed E-state index contributed by atoms with van der Waals surface area (Å²) in [4.78, 5) is 0. The Morgan fingerprint density at radius 3 is 2.27 bits per heavy atom. The van der Waals surface area contributed by atoms with E-state index in [9.17, 15) is 0 Å². The van der Waals surface area contributed by atoms with Crippen LogP contribution in [-0.4, -0.2) is 0 Å². The highest BCUT2D eigenvalue weighted by Gasteiger charge is 2.18. The lowest BCUT2D eigenvalue weighted by Gasteiger charge is -2.26. The van der Waals surface area contributed by atoms with Gasteiger partial charge in [0.1, 0.15) is 0 Å². The first-order valence-electron chi connectivity index (χ1n) is 5.98. The van der Waals surface area contributed by atoms with Crippen molar-refractivity contribution in [1.29, 1.82) is 0 Å². The zero-order valence-corrected chi connectivity index (χ0v) is 10.1. The van der Waals surface area contributed by atoms with Crippen LogP contribution in [0.25, 0.3) is 0 Å². The highest BCUT2D eigenvalue weighted by atomic mass is 35.5. The van der Waals surface area contributed by atoms with Crippen molar-refractivity contribution in [3.63, 3.8) is 0 Å². The molecule has 0 heterocycles. The fourth-order valence-corrected chi connectivity index (χ4v) is 2.61. The molecular formula is C14H19Cl. The van der Waals surface area contributed by atoms with E-state index in [0.717, 1.165) is 16.9 Å². The molecule has 0 bridgehead atoms. The van der Waals surface area contributed by atoms with Crippen LogP contribution in [0.3, 0.4) is 0 Å². The largest absolute Gasteiger partial charge is 0.0843 e. The smallest absolute Gasteiger partial charge is 0.0406 e. The molecule has 15 heavy (non-hydrogen) atoms. The van der Waals surface area contributed by atoms with Crippen LogP contribution in [0.2, 0.25) is 5.02 Å². The van der Waals surface area contributed by atoms with Crippen molar-refractivity contribution in [3.8, 4) is 0 Å². The molecule has 0 spiro atoms. The molecule has 1 aliphatic rings. The minimum atomic E-state index is 0.844. The van der Waals surface area contributed by atoms with Crippen LogP contribution in [0.1, 0.15) is 38.2 Å². The van der Waals surface area contributed by atoms with E-state index in [1.165, 1.54) is 37.7 Å². The van der Waals surface area contributed by atoms with Crippen LogP contribution in [0.4, 0.5) is 0 Å². The van der Waals surface area contributed by atoms with Crippen LogP contribution < -0.4 is 0 Å². The van der Waals surface area contributed by atoms with Gasteiger partial charge in [0.05, 0.1) is 0 Å². The Bertz CT molecular complexity index is 294. The average Bonchev–Trinajstić information content (AvgIpc) is 2.25. The molecule has 0 amide bonds. The Labute approximate surface area is 97.6 Å². The van der Waals surface area contributed by atoms with Crippen molar-refractivity contribution in [2.75, 3.05) is 0 Å². The Morgan fingerprint density at radius 2 is 1.67 bits per heavy atom. The molecule has 1 aliphatic carbocycles. The summed E-state index contributed by atoms with van der Waals surface area (Å²) >= 11 is 5.87. The van der Waals surface area contributed by atoms with Gasteiger partial charge in [-0.3, -0.25) is 0 Å². The van der Waals surface area contributed by atoms with Crippen molar-refractivity contribution in [2.24, 2.45) is 11.8 Å². The Kier molecular flexibility index (Phi) is 3.69. The van der Waals surface area contributed by atoms with E-state index in [0.29, 0.717) is 0 Å². The molecule has 0 aliphatic heterocycles. The van der Waals surface area contributed by atoms with Gasteiger partial charge in [-0.05, 0) is 48.8 Å². The molecule has 0 aromatic heterocycles. The zero-order chi connectivity index (χ0) is 10.7. The molecule has 1 aromatic rings. The third kappa shape index (κ3) is 3.24. The van der Waals surface area contributed by atoms with Gasteiger partial charge in [-0.1, -0.05) is 43.5 Å². The Hall–Kier alpha value is -0.490. The van der Waals surface area contributed by atoms with Crippen molar-refractivity contribution >= 4 is 11.6 Å². The molecule has 1 fully saturated rings. The van der Waals surface area contributed by atoms with Gasteiger partial charge < -0.3 is 0 Å². The van der Waals surface area contributed by atoms with Crippen molar-refractivity contribution < 1.29 is 0 Å². The number of benzene rings is 1. The van der Waals surface area contributed by atoms with E-state index in [-0.39, 0.29) is 0 Å². The van der Waals surface area contributed by atoms with Crippen molar-refractivity contribution in [1.82, 2.24) is 0 Å². The predicted octanol–water partition coefficient (Wildman–Crippen LogP) is 4.71. The molecule has 1 heteroatoms. The maximum absolute atomic E-state index is 5.87. The fraction of sp³-hybridized carbons (Fsp3) is 0.571. The van der Waals surface area contributed by atoms with Gasteiger partial charge in [0.2, 0.25) is 0 Å². The summed E-state index contributed by atoms with van der Waals surface area (Å²) in [7, 11) is 0. The Balaban J connectivity index is 1.89. The van der Waals surface area contributed by atoms with Crippen LogP contribution in [0, 0.1) is 11.8 Å². The van der Waals surface area contributed by atoms with E-state index in [2.05, 4.69) is 19.1 Å². The lowest BCUT2D eigenvalue weighted by Crippen LogP contribution is -2.14. The summed E-state index contributed by atoms with van der Waals surface area (Å²) in [6, 6.07) is 8.34. The second-order valence-corrected chi connectivity index (χ2v) is 5.39. The maximum atomic E-state index is 5.87. The third-order valence-corrected chi connectivity index (χ3v) is 3.83. The van der Waals surface area contributed by atoms with Gasteiger partial charge in [0.15, 0.2) is 0 Å². The monoisotopic (exact) mass is 222 g/mol. The average molecular weight is 223 g/mol.